The lowest BCUT2D eigenvalue weighted by atomic mass is 9.89. The summed E-state index contributed by atoms with van der Waals surface area (Å²) in [5, 5.41) is 11.0. The van der Waals surface area contributed by atoms with Crippen molar-refractivity contribution >= 4 is 23.4 Å². The third-order valence-electron chi connectivity index (χ3n) is 4.10. The van der Waals surface area contributed by atoms with Gasteiger partial charge in [0.2, 0.25) is 11.8 Å². The summed E-state index contributed by atoms with van der Waals surface area (Å²) < 4.78 is 19.4. The van der Waals surface area contributed by atoms with Crippen molar-refractivity contribution in [1.82, 2.24) is 10.2 Å². The van der Waals surface area contributed by atoms with Crippen molar-refractivity contribution in [3.63, 3.8) is 0 Å². The van der Waals surface area contributed by atoms with Gasteiger partial charge in [-0.25, -0.2) is 4.39 Å². The molecule has 5 nitrogen and oxygen atoms in total. The molecule has 1 aromatic carbocycles. The summed E-state index contributed by atoms with van der Waals surface area (Å²) >= 11 is 1.17. The molecule has 1 heterocycles. The number of hydrogen-bond donors (Lipinski definition) is 1. The molecule has 1 aliphatic rings. The predicted molar refractivity (Wildman–Crippen MR) is 90.6 cm³/mol. The third-order valence-corrected chi connectivity index (χ3v) is 4.92. The second-order valence-corrected chi connectivity index (χ2v) is 6.99. The minimum atomic E-state index is -0.439. The first kappa shape index (κ1) is 17.0. The van der Waals surface area contributed by atoms with E-state index in [4.69, 9.17) is 4.42 Å². The number of rotatable bonds is 5. The maximum Gasteiger partial charge on any atom is 0.277 e. The van der Waals surface area contributed by atoms with Crippen molar-refractivity contribution in [2.75, 3.05) is 11.1 Å². The van der Waals surface area contributed by atoms with E-state index in [0.717, 1.165) is 18.4 Å². The molecule has 7 heteroatoms. The van der Waals surface area contributed by atoms with Crippen LogP contribution in [0.25, 0.3) is 0 Å². The van der Waals surface area contributed by atoms with E-state index in [9.17, 15) is 9.18 Å². The highest BCUT2D eigenvalue weighted by molar-refractivity contribution is 7.99. The number of nitrogens with zero attached hydrogens (tertiary/aromatic N) is 2. The Kier molecular flexibility index (Phi) is 5.50. The van der Waals surface area contributed by atoms with Crippen LogP contribution in [0, 0.1) is 12.7 Å². The summed E-state index contributed by atoms with van der Waals surface area (Å²) in [6.45, 7) is 1.80. The van der Waals surface area contributed by atoms with Gasteiger partial charge >= 0.3 is 0 Å². The van der Waals surface area contributed by atoms with Crippen LogP contribution in [0.4, 0.5) is 10.1 Å². The number of amides is 1. The SMILES string of the molecule is Cc1ccc(NC(=O)CSc2nnc(C3CCCCC3)o2)c(F)c1. The van der Waals surface area contributed by atoms with Crippen LogP contribution in [0.3, 0.4) is 0 Å². The summed E-state index contributed by atoms with van der Waals surface area (Å²) in [6.07, 6.45) is 5.82. The highest BCUT2D eigenvalue weighted by Gasteiger charge is 2.21. The van der Waals surface area contributed by atoms with Crippen LogP contribution >= 0.6 is 11.8 Å². The topological polar surface area (TPSA) is 68.0 Å². The smallest absolute Gasteiger partial charge is 0.277 e. The number of nitrogens with one attached hydrogen (secondary N) is 1. The molecule has 1 aromatic heterocycles. The summed E-state index contributed by atoms with van der Waals surface area (Å²) in [4.78, 5) is 11.9. The van der Waals surface area contributed by atoms with Gasteiger partial charge in [0, 0.05) is 5.92 Å². The zero-order chi connectivity index (χ0) is 16.9. The van der Waals surface area contributed by atoms with E-state index in [-0.39, 0.29) is 17.3 Å². The van der Waals surface area contributed by atoms with Gasteiger partial charge in [-0.1, -0.05) is 37.1 Å². The fourth-order valence-corrected chi connectivity index (χ4v) is 3.40. The molecule has 1 fully saturated rings. The predicted octanol–water partition coefficient (Wildman–Crippen LogP) is 4.30. The van der Waals surface area contributed by atoms with E-state index in [2.05, 4.69) is 15.5 Å². The minimum Gasteiger partial charge on any atom is -0.416 e. The molecule has 1 amide bonds. The van der Waals surface area contributed by atoms with Crippen LogP contribution in [0.2, 0.25) is 0 Å². The summed E-state index contributed by atoms with van der Waals surface area (Å²) in [5.74, 6) is 0.365. The Balaban J connectivity index is 1.52. The van der Waals surface area contributed by atoms with E-state index >= 15 is 0 Å². The van der Waals surface area contributed by atoms with Crippen molar-refractivity contribution in [1.29, 1.82) is 0 Å². The van der Waals surface area contributed by atoms with Gasteiger partial charge in [0.25, 0.3) is 5.22 Å². The van der Waals surface area contributed by atoms with Gasteiger partial charge in [0.15, 0.2) is 0 Å². The van der Waals surface area contributed by atoms with Gasteiger partial charge < -0.3 is 9.73 Å². The number of carbonyl (C=O) groups excluding carboxylic acids is 1. The number of benzene rings is 1. The maximum absolute atomic E-state index is 13.7. The Bertz CT molecular complexity index is 714. The number of hydrogen-bond acceptors (Lipinski definition) is 5. The Labute approximate surface area is 144 Å². The van der Waals surface area contributed by atoms with Gasteiger partial charge in [0.1, 0.15) is 5.82 Å². The first-order valence-electron chi connectivity index (χ1n) is 8.14. The van der Waals surface area contributed by atoms with Gasteiger partial charge in [-0.15, -0.1) is 10.2 Å². The lowest BCUT2D eigenvalue weighted by Gasteiger charge is -2.17. The Hall–Kier alpha value is -1.89. The number of thioether (sulfide) groups is 1. The van der Waals surface area contributed by atoms with Crippen molar-refractivity contribution in [2.24, 2.45) is 0 Å². The van der Waals surface area contributed by atoms with Gasteiger partial charge in [-0.2, -0.15) is 0 Å². The molecule has 1 aliphatic carbocycles. The molecular formula is C17H20FN3O2S. The van der Waals surface area contributed by atoms with Gasteiger partial charge in [-0.3, -0.25) is 4.79 Å². The Morgan fingerprint density at radius 1 is 1.33 bits per heavy atom. The van der Waals surface area contributed by atoms with Crippen LogP contribution < -0.4 is 5.32 Å². The number of aromatic nitrogens is 2. The first-order chi connectivity index (χ1) is 11.6. The molecule has 24 heavy (non-hydrogen) atoms. The molecule has 0 atom stereocenters. The molecule has 3 rings (SSSR count). The molecule has 1 N–H and O–H groups in total. The van der Waals surface area contributed by atoms with Gasteiger partial charge in [0.05, 0.1) is 11.4 Å². The third kappa shape index (κ3) is 4.35. The van der Waals surface area contributed by atoms with Crippen molar-refractivity contribution < 1.29 is 13.6 Å². The van der Waals surface area contributed by atoms with E-state index in [0.29, 0.717) is 17.0 Å². The zero-order valence-electron chi connectivity index (χ0n) is 13.5. The molecule has 0 bridgehead atoms. The highest BCUT2D eigenvalue weighted by atomic mass is 32.2. The Morgan fingerprint density at radius 2 is 2.12 bits per heavy atom. The number of halogens is 1. The monoisotopic (exact) mass is 349 g/mol. The number of carbonyl (C=O) groups is 1. The minimum absolute atomic E-state index is 0.0968. The van der Waals surface area contributed by atoms with Crippen LogP contribution in [0.5, 0.6) is 0 Å². The Morgan fingerprint density at radius 3 is 2.88 bits per heavy atom. The molecule has 0 spiro atoms. The van der Waals surface area contributed by atoms with Crippen molar-refractivity contribution in [3.05, 3.63) is 35.5 Å². The van der Waals surface area contributed by atoms with Gasteiger partial charge in [-0.05, 0) is 37.5 Å². The summed E-state index contributed by atoms with van der Waals surface area (Å²) in [7, 11) is 0. The van der Waals surface area contributed by atoms with Crippen LogP contribution in [-0.2, 0) is 4.79 Å². The average Bonchev–Trinajstić information content (AvgIpc) is 3.05. The second-order valence-electron chi connectivity index (χ2n) is 6.06. The average molecular weight is 349 g/mol. The zero-order valence-corrected chi connectivity index (χ0v) is 14.4. The molecule has 2 aromatic rings. The molecule has 1 saturated carbocycles. The van der Waals surface area contributed by atoms with E-state index < -0.39 is 5.82 Å². The van der Waals surface area contributed by atoms with Crippen LogP contribution in [0.1, 0.15) is 49.5 Å². The van der Waals surface area contributed by atoms with Crippen molar-refractivity contribution in [2.45, 2.75) is 50.2 Å². The largest absolute Gasteiger partial charge is 0.416 e. The van der Waals surface area contributed by atoms with E-state index in [1.165, 1.54) is 37.1 Å². The fraction of sp³-hybridized carbons (Fsp3) is 0.471. The lowest BCUT2D eigenvalue weighted by molar-refractivity contribution is -0.113. The molecular weight excluding hydrogens is 329 g/mol. The molecule has 0 radical (unpaired) electrons. The van der Waals surface area contributed by atoms with E-state index in [1.807, 2.05) is 0 Å². The summed E-state index contributed by atoms with van der Waals surface area (Å²) in [6, 6.07) is 4.69. The molecule has 0 aliphatic heterocycles. The van der Waals surface area contributed by atoms with Crippen LogP contribution in [-0.4, -0.2) is 21.9 Å². The standard InChI is InChI=1S/C17H20FN3O2S/c1-11-7-8-14(13(18)9-11)19-15(22)10-24-17-21-20-16(23-17)12-5-3-2-4-6-12/h7-9,12H,2-6,10H2,1H3,(H,19,22). The fourth-order valence-electron chi connectivity index (χ4n) is 2.83. The van der Waals surface area contributed by atoms with E-state index in [1.54, 1.807) is 19.1 Å². The molecule has 0 saturated heterocycles. The molecule has 0 unspecified atom stereocenters. The van der Waals surface area contributed by atoms with Crippen LogP contribution in [0.15, 0.2) is 27.8 Å². The maximum atomic E-state index is 13.7. The molecule has 128 valence electrons. The second kappa shape index (κ2) is 7.79. The highest BCUT2D eigenvalue weighted by Crippen LogP contribution is 2.32. The first-order valence-corrected chi connectivity index (χ1v) is 9.12. The number of aryl methyl sites for hydroxylation is 1. The number of anilines is 1. The van der Waals surface area contributed by atoms with Crippen molar-refractivity contribution in [3.8, 4) is 0 Å². The lowest BCUT2D eigenvalue weighted by Crippen LogP contribution is -2.15. The normalized spacial score (nSPS) is 15.4. The quantitative estimate of drug-likeness (QED) is 0.815. The summed E-state index contributed by atoms with van der Waals surface area (Å²) in [5.41, 5.74) is 0.987.